The standard InChI is InChI=1S/C14H12ClFN2O/c1-8-2-5-13(11(16)6-8)18-14(19)10-4-3-9(15)7-12(10)17/h2-7H,17H2,1H3,(H,18,19). The monoisotopic (exact) mass is 278 g/mol. The van der Waals surface area contributed by atoms with Gasteiger partial charge < -0.3 is 11.1 Å². The SMILES string of the molecule is Cc1ccc(NC(=O)c2ccc(Cl)cc2N)c(F)c1. The molecule has 3 nitrogen and oxygen atoms in total. The predicted octanol–water partition coefficient (Wildman–Crippen LogP) is 3.62. The normalized spacial score (nSPS) is 10.3. The van der Waals surface area contributed by atoms with E-state index in [2.05, 4.69) is 5.32 Å². The van der Waals surface area contributed by atoms with Crippen LogP contribution in [-0.2, 0) is 0 Å². The van der Waals surface area contributed by atoms with Crippen molar-refractivity contribution in [2.24, 2.45) is 0 Å². The summed E-state index contributed by atoms with van der Waals surface area (Å²) >= 11 is 5.75. The molecule has 0 aromatic heterocycles. The Morgan fingerprint density at radius 1 is 1.26 bits per heavy atom. The van der Waals surface area contributed by atoms with Gasteiger partial charge in [0, 0.05) is 10.7 Å². The van der Waals surface area contributed by atoms with Gasteiger partial charge in [-0.3, -0.25) is 4.79 Å². The fourth-order valence-electron chi connectivity index (χ4n) is 1.65. The topological polar surface area (TPSA) is 55.1 Å². The zero-order valence-electron chi connectivity index (χ0n) is 10.2. The summed E-state index contributed by atoms with van der Waals surface area (Å²) in [5.74, 6) is -0.960. The van der Waals surface area contributed by atoms with E-state index in [1.165, 1.54) is 24.3 Å². The van der Waals surface area contributed by atoms with Crippen LogP contribution in [0.1, 0.15) is 15.9 Å². The first-order valence-corrected chi connectivity index (χ1v) is 5.97. The minimum Gasteiger partial charge on any atom is -0.398 e. The van der Waals surface area contributed by atoms with Gasteiger partial charge in [-0.25, -0.2) is 4.39 Å². The first-order chi connectivity index (χ1) is 8.97. The molecule has 0 saturated carbocycles. The van der Waals surface area contributed by atoms with E-state index in [4.69, 9.17) is 17.3 Å². The molecular weight excluding hydrogens is 267 g/mol. The number of hydrogen-bond acceptors (Lipinski definition) is 2. The first-order valence-electron chi connectivity index (χ1n) is 5.60. The van der Waals surface area contributed by atoms with Crippen molar-refractivity contribution >= 4 is 28.9 Å². The highest BCUT2D eigenvalue weighted by molar-refractivity contribution is 6.31. The van der Waals surface area contributed by atoms with Crippen LogP contribution in [0.4, 0.5) is 15.8 Å². The van der Waals surface area contributed by atoms with E-state index in [-0.39, 0.29) is 16.9 Å². The average molecular weight is 279 g/mol. The molecule has 0 saturated heterocycles. The van der Waals surface area contributed by atoms with Crippen molar-refractivity contribution in [1.29, 1.82) is 0 Å². The number of nitrogens with one attached hydrogen (secondary N) is 1. The van der Waals surface area contributed by atoms with Gasteiger partial charge in [0.1, 0.15) is 5.82 Å². The highest BCUT2D eigenvalue weighted by Crippen LogP contribution is 2.21. The molecule has 0 radical (unpaired) electrons. The maximum Gasteiger partial charge on any atom is 0.257 e. The van der Waals surface area contributed by atoms with E-state index in [0.29, 0.717) is 5.02 Å². The van der Waals surface area contributed by atoms with Crippen LogP contribution in [-0.4, -0.2) is 5.91 Å². The second-order valence-electron chi connectivity index (χ2n) is 4.17. The lowest BCUT2D eigenvalue weighted by molar-refractivity contribution is 0.102. The Balaban J connectivity index is 2.25. The van der Waals surface area contributed by atoms with Crippen molar-refractivity contribution in [3.8, 4) is 0 Å². The van der Waals surface area contributed by atoms with Crippen molar-refractivity contribution in [3.63, 3.8) is 0 Å². The summed E-state index contributed by atoms with van der Waals surface area (Å²) < 4.78 is 13.6. The first kappa shape index (κ1) is 13.4. The van der Waals surface area contributed by atoms with Crippen LogP contribution >= 0.6 is 11.6 Å². The number of carbonyl (C=O) groups is 1. The second kappa shape index (κ2) is 5.28. The summed E-state index contributed by atoms with van der Waals surface area (Å²) in [6.07, 6.45) is 0. The molecule has 5 heteroatoms. The number of amides is 1. The van der Waals surface area contributed by atoms with Crippen LogP contribution in [0.25, 0.3) is 0 Å². The smallest absolute Gasteiger partial charge is 0.257 e. The third-order valence-corrected chi connectivity index (χ3v) is 2.87. The molecule has 0 aliphatic heterocycles. The Morgan fingerprint density at radius 3 is 2.63 bits per heavy atom. The average Bonchev–Trinajstić information content (AvgIpc) is 2.32. The fourth-order valence-corrected chi connectivity index (χ4v) is 1.83. The molecule has 2 rings (SSSR count). The van der Waals surface area contributed by atoms with Gasteiger partial charge >= 0.3 is 0 Å². The summed E-state index contributed by atoms with van der Waals surface area (Å²) in [5.41, 5.74) is 7.10. The number of nitrogen functional groups attached to an aromatic ring is 1. The molecule has 0 unspecified atom stereocenters. The molecule has 3 N–H and O–H groups in total. The number of halogens is 2. The van der Waals surface area contributed by atoms with E-state index >= 15 is 0 Å². The molecule has 0 bridgehead atoms. The molecule has 0 aliphatic rings. The quantitative estimate of drug-likeness (QED) is 0.824. The Morgan fingerprint density at radius 2 is 2.00 bits per heavy atom. The minimum atomic E-state index is -0.485. The fraction of sp³-hybridized carbons (Fsp3) is 0.0714. The largest absolute Gasteiger partial charge is 0.398 e. The number of anilines is 2. The summed E-state index contributed by atoms with van der Waals surface area (Å²) in [5, 5.41) is 2.92. The number of nitrogens with two attached hydrogens (primary N) is 1. The molecule has 1 amide bonds. The van der Waals surface area contributed by atoms with E-state index in [0.717, 1.165) is 5.56 Å². The van der Waals surface area contributed by atoms with E-state index < -0.39 is 11.7 Å². The summed E-state index contributed by atoms with van der Waals surface area (Å²) in [7, 11) is 0. The summed E-state index contributed by atoms with van der Waals surface area (Å²) in [6, 6.07) is 9.10. The van der Waals surface area contributed by atoms with Gasteiger partial charge in [0.2, 0.25) is 0 Å². The van der Waals surface area contributed by atoms with E-state index in [1.54, 1.807) is 19.1 Å². The van der Waals surface area contributed by atoms with Gasteiger partial charge in [-0.2, -0.15) is 0 Å². The maximum atomic E-state index is 13.6. The highest BCUT2D eigenvalue weighted by atomic mass is 35.5. The van der Waals surface area contributed by atoms with Crippen molar-refractivity contribution in [1.82, 2.24) is 0 Å². The molecule has 2 aromatic rings. The molecule has 98 valence electrons. The van der Waals surface area contributed by atoms with Gasteiger partial charge in [0.05, 0.1) is 11.3 Å². The van der Waals surface area contributed by atoms with Gasteiger partial charge in [0.15, 0.2) is 0 Å². The Hall–Kier alpha value is -2.07. The van der Waals surface area contributed by atoms with Gasteiger partial charge in [0.25, 0.3) is 5.91 Å². The maximum absolute atomic E-state index is 13.6. The molecule has 0 spiro atoms. The highest BCUT2D eigenvalue weighted by Gasteiger charge is 2.12. The van der Waals surface area contributed by atoms with Crippen LogP contribution < -0.4 is 11.1 Å². The van der Waals surface area contributed by atoms with Gasteiger partial charge in [-0.1, -0.05) is 17.7 Å². The Bertz CT molecular complexity index is 643. The number of carbonyl (C=O) groups excluding carboxylic acids is 1. The van der Waals surface area contributed by atoms with Crippen molar-refractivity contribution < 1.29 is 9.18 Å². The number of rotatable bonds is 2. The third kappa shape index (κ3) is 3.03. The molecule has 0 heterocycles. The molecule has 19 heavy (non-hydrogen) atoms. The summed E-state index contributed by atoms with van der Waals surface area (Å²) in [4.78, 5) is 12.0. The zero-order valence-corrected chi connectivity index (χ0v) is 11.0. The van der Waals surface area contributed by atoms with Crippen molar-refractivity contribution in [2.45, 2.75) is 6.92 Å². The minimum absolute atomic E-state index is 0.116. The number of hydrogen-bond donors (Lipinski definition) is 2. The molecule has 0 fully saturated rings. The molecule has 0 atom stereocenters. The lowest BCUT2D eigenvalue weighted by Gasteiger charge is -2.09. The summed E-state index contributed by atoms with van der Waals surface area (Å²) in [6.45, 7) is 1.77. The predicted molar refractivity (Wildman–Crippen MR) is 75.0 cm³/mol. The van der Waals surface area contributed by atoms with Crippen LogP contribution in [0.2, 0.25) is 5.02 Å². The van der Waals surface area contributed by atoms with E-state index in [9.17, 15) is 9.18 Å². The van der Waals surface area contributed by atoms with Crippen LogP contribution in [0.5, 0.6) is 0 Å². The van der Waals surface area contributed by atoms with Crippen LogP contribution in [0.15, 0.2) is 36.4 Å². The lowest BCUT2D eigenvalue weighted by Crippen LogP contribution is -2.15. The van der Waals surface area contributed by atoms with E-state index in [1.807, 2.05) is 0 Å². The third-order valence-electron chi connectivity index (χ3n) is 2.63. The van der Waals surface area contributed by atoms with Gasteiger partial charge in [-0.15, -0.1) is 0 Å². The van der Waals surface area contributed by atoms with Crippen molar-refractivity contribution in [3.05, 3.63) is 58.4 Å². The van der Waals surface area contributed by atoms with Gasteiger partial charge in [-0.05, 0) is 42.8 Å². The molecule has 0 aliphatic carbocycles. The molecular formula is C14H12ClFN2O. The Labute approximate surface area is 115 Å². The zero-order chi connectivity index (χ0) is 14.0. The van der Waals surface area contributed by atoms with Crippen molar-refractivity contribution in [2.75, 3.05) is 11.1 Å². The number of aryl methyl sites for hydroxylation is 1. The van der Waals surface area contributed by atoms with Crippen LogP contribution in [0.3, 0.4) is 0 Å². The number of benzene rings is 2. The van der Waals surface area contributed by atoms with Crippen LogP contribution in [0, 0.1) is 12.7 Å². The molecule has 2 aromatic carbocycles. The Kier molecular flexibility index (Phi) is 3.71. The second-order valence-corrected chi connectivity index (χ2v) is 4.61. The lowest BCUT2D eigenvalue weighted by atomic mass is 10.1.